The topological polar surface area (TPSA) is 86.4 Å². The normalized spacial score (nSPS) is 14.6. The number of phenols is 1. The molecule has 0 bridgehead atoms. The second kappa shape index (κ2) is 9.41. The number of anilines is 2. The van der Waals surface area contributed by atoms with Gasteiger partial charge < -0.3 is 19.6 Å². The van der Waals surface area contributed by atoms with Gasteiger partial charge in [0.05, 0.1) is 26.0 Å². The molecule has 2 aromatic rings. The first-order valence-corrected chi connectivity index (χ1v) is 9.42. The number of halogens is 1. The molecule has 1 aromatic heterocycles. The molecule has 0 atom stereocenters. The third-order valence-corrected chi connectivity index (χ3v) is 4.62. The zero-order valence-electron chi connectivity index (χ0n) is 16.2. The van der Waals surface area contributed by atoms with Gasteiger partial charge in [-0.1, -0.05) is 6.07 Å². The number of morpholine rings is 1. The summed E-state index contributed by atoms with van der Waals surface area (Å²) in [6, 6.07) is 5.50. The quantitative estimate of drug-likeness (QED) is 0.733. The molecule has 0 amide bonds. The van der Waals surface area contributed by atoms with E-state index in [1.807, 2.05) is 12.1 Å². The highest BCUT2D eigenvalue weighted by Crippen LogP contribution is 2.26. The Morgan fingerprint density at radius 2 is 2.00 bits per heavy atom. The van der Waals surface area contributed by atoms with Crippen molar-refractivity contribution in [1.29, 1.82) is 0 Å². The number of rotatable bonds is 7. The van der Waals surface area contributed by atoms with E-state index in [9.17, 15) is 9.50 Å². The molecular formula is C19H25FN6O2. The first kappa shape index (κ1) is 19.9. The highest BCUT2D eigenvalue weighted by Gasteiger charge is 2.17. The second-order valence-corrected chi connectivity index (χ2v) is 6.33. The number of phenolic OH excluding ortho intramolecular Hbond substituents is 1. The third-order valence-electron chi connectivity index (χ3n) is 4.62. The summed E-state index contributed by atoms with van der Waals surface area (Å²) in [6.07, 6.45) is 1.10. The molecule has 28 heavy (non-hydrogen) atoms. The van der Waals surface area contributed by atoms with Crippen molar-refractivity contribution in [2.45, 2.75) is 20.4 Å². The van der Waals surface area contributed by atoms with Crippen LogP contribution in [0.5, 0.6) is 5.75 Å². The van der Waals surface area contributed by atoms with Crippen LogP contribution in [0.25, 0.3) is 0 Å². The average molecular weight is 388 g/mol. The Morgan fingerprint density at radius 1 is 1.25 bits per heavy atom. The van der Waals surface area contributed by atoms with Crippen molar-refractivity contribution < 1.29 is 14.2 Å². The van der Waals surface area contributed by atoms with Crippen LogP contribution in [0.2, 0.25) is 0 Å². The molecule has 1 saturated heterocycles. The molecule has 0 spiro atoms. The summed E-state index contributed by atoms with van der Waals surface area (Å²) in [5, 5.41) is 18.3. The maximum absolute atomic E-state index is 14.0. The number of azo groups is 1. The van der Waals surface area contributed by atoms with E-state index in [1.165, 1.54) is 0 Å². The first-order chi connectivity index (χ1) is 13.6. The number of hydrogen-bond donors (Lipinski definition) is 1. The van der Waals surface area contributed by atoms with E-state index < -0.39 is 5.82 Å². The molecule has 0 aliphatic carbocycles. The van der Waals surface area contributed by atoms with Crippen LogP contribution in [-0.4, -0.2) is 54.5 Å². The van der Waals surface area contributed by atoms with Gasteiger partial charge in [-0.05, 0) is 19.9 Å². The molecule has 3 rings (SSSR count). The summed E-state index contributed by atoms with van der Waals surface area (Å²) in [4.78, 5) is 12.0. The maximum Gasteiger partial charge on any atom is 0.270 e. The molecular weight excluding hydrogens is 363 g/mol. The number of nitrogens with zero attached hydrogens (tertiary/aromatic N) is 6. The van der Waals surface area contributed by atoms with Crippen LogP contribution in [0.15, 0.2) is 34.6 Å². The summed E-state index contributed by atoms with van der Waals surface area (Å²) in [7, 11) is 0. The fraction of sp³-hybridized carbons (Fsp3) is 0.474. The van der Waals surface area contributed by atoms with Crippen molar-refractivity contribution in [1.82, 2.24) is 9.97 Å². The summed E-state index contributed by atoms with van der Waals surface area (Å²) in [6.45, 7) is 8.23. The lowest BCUT2D eigenvalue weighted by atomic mass is 10.1. The van der Waals surface area contributed by atoms with E-state index >= 15 is 0 Å². The number of aromatic hydroxyl groups is 1. The van der Waals surface area contributed by atoms with Crippen LogP contribution >= 0.6 is 0 Å². The number of aromatic nitrogens is 2. The van der Waals surface area contributed by atoms with Crippen molar-refractivity contribution >= 4 is 17.5 Å². The van der Waals surface area contributed by atoms with E-state index in [-0.39, 0.29) is 24.1 Å². The molecule has 1 fully saturated rings. The van der Waals surface area contributed by atoms with Gasteiger partial charge in [-0.25, -0.2) is 9.37 Å². The smallest absolute Gasteiger partial charge is 0.270 e. The second-order valence-electron chi connectivity index (χ2n) is 6.33. The van der Waals surface area contributed by atoms with Crippen LogP contribution in [0.1, 0.15) is 19.4 Å². The Bertz CT molecular complexity index is 822. The minimum Gasteiger partial charge on any atom is -0.508 e. The molecule has 150 valence electrons. The average Bonchev–Trinajstić information content (AvgIpc) is 2.72. The molecule has 8 nitrogen and oxygen atoms in total. The molecule has 1 aliphatic rings. The van der Waals surface area contributed by atoms with Gasteiger partial charge >= 0.3 is 0 Å². The molecule has 0 unspecified atom stereocenters. The van der Waals surface area contributed by atoms with Crippen molar-refractivity contribution in [3.63, 3.8) is 0 Å². The summed E-state index contributed by atoms with van der Waals surface area (Å²) in [5.41, 5.74) is 1.61. The molecule has 0 radical (unpaired) electrons. The van der Waals surface area contributed by atoms with Gasteiger partial charge in [-0.3, -0.25) is 0 Å². The van der Waals surface area contributed by atoms with Crippen LogP contribution in [-0.2, 0) is 11.3 Å². The van der Waals surface area contributed by atoms with Gasteiger partial charge in [0.25, 0.3) is 5.95 Å². The predicted molar refractivity (Wildman–Crippen MR) is 105 cm³/mol. The Morgan fingerprint density at radius 3 is 2.68 bits per heavy atom. The van der Waals surface area contributed by atoms with Gasteiger partial charge in [-0.15, -0.1) is 5.11 Å². The van der Waals surface area contributed by atoms with E-state index in [1.54, 1.807) is 11.0 Å². The Balaban J connectivity index is 1.69. The van der Waals surface area contributed by atoms with E-state index in [0.29, 0.717) is 31.9 Å². The molecule has 2 heterocycles. The SMILES string of the molecule is CCN(CC)c1ccc(CN=Nc2ncc(F)c(N3CCOCC3)n2)c(O)c1. The first-order valence-electron chi connectivity index (χ1n) is 9.42. The third kappa shape index (κ3) is 4.72. The van der Waals surface area contributed by atoms with Gasteiger partial charge in [0, 0.05) is 43.5 Å². The molecule has 0 saturated carbocycles. The van der Waals surface area contributed by atoms with E-state index in [4.69, 9.17) is 4.74 Å². The Hall–Kier alpha value is -2.81. The summed E-state index contributed by atoms with van der Waals surface area (Å²) in [5.74, 6) is -0.0383. The monoisotopic (exact) mass is 388 g/mol. The minimum absolute atomic E-state index is 0.0853. The fourth-order valence-corrected chi connectivity index (χ4v) is 3.04. The molecule has 1 N–H and O–H groups in total. The maximum atomic E-state index is 14.0. The summed E-state index contributed by atoms with van der Waals surface area (Å²) < 4.78 is 19.3. The fourth-order valence-electron chi connectivity index (χ4n) is 3.04. The number of hydrogen-bond acceptors (Lipinski definition) is 8. The standard InChI is InChI=1S/C19H25FN6O2/c1-3-25(4-2)15-6-5-14(17(27)11-15)12-22-24-19-21-13-16(20)18(23-19)26-7-9-28-10-8-26/h5-6,11,13,27H,3-4,7-10,12H2,1-2H3. The Labute approximate surface area is 163 Å². The van der Waals surface area contributed by atoms with E-state index in [0.717, 1.165) is 25.0 Å². The van der Waals surface area contributed by atoms with Gasteiger partial charge in [0.1, 0.15) is 5.75 Å². The largest absolute Gasteiger partial charge is 0.508 e. The van der Waals surface area contributed by atoms with Crippen LogP contribution in [0.3, 0.4) is 0 Å². The number of benzene rings is 1. The Kier molecular flexibility index (Phi) is 6.70. The van der Waals surface area contributed by atoms with Gasteiger partial charge in [-0.2, -0.15) is 10.1 Å². The van der Waals surface area contributed by atoms with Gasteiger partial charge in [0.2, 0.25) is 0 Å². The van der Waals surface area contributed by atoms with Crippen LogP contribution < -0.4 is 9.80 Å². The van der Waals surface area contributed by atoms with Crippen molar-refractivity contribution in [2.75, 3.05) is 49.2 Å². The summed E-state index contributed by atoms with van der Waals surface area (Å²) >= 11 is 0. The zero-order chi connectivity index (χ0) is 19.9. The lowest BCUT2D eigenvalue weighted by Gasteiger charge is -2.27. The van der Waals surface area contributed by atoms with E-state index in [2.05, 4.69) is 38.9 Å². The lowest BCUT2D eigenvalue weighted by Crippen LogP contribution is -2.37. The van der Waals surface area contributed by atoms with Crippen molar-refractivity contribution in [2.24, 2.45) is 10.2 Å². The molecule has 9 heteroatoms. The molecule has 1 aromatic carbocycles. The number of ether oxygens (including phenoxy) is 1. The minimum atomic E-state index is -0.495. The van der Waals surface area contributed by atoms with Crippen LogP contribution in [0.4, 0.5) is 21.8 Å². The predicted octanol–water partition coefficient (Wildman–Crippen LogP) is 3.29. The highest BCUT2D eigenvalue weighted by atomic mass is 19.1. The molecule has 1 aliphatic heterocycles. The highest BCUT2D eigenvalue weighted by molar-refractivity contribution is 5.53. The van der Waals surface area contributed by atoms with Gasteiger partial charge in [0.15, 0.2) is 11.6 Å². The van der Waals surface area contributed by atoms with Crippen molar-refractivity contribution in [3.8, 4) is 5.75 Å². The lowest BCUT2D eigenvalue weighted by molar-refractivity contribution is 0.122. The van der Waals surface area contributed by atoms with Crippen LogP contribution in [0, 0.1) is 5.82 Å². The van der Waals surface area contributed by atoms with Crippen molar-refractivity contribution in [3.05, 3.63) is 35.8 Å². The zero-order valence-corrected chi connectivity index (χ0v) is 16.2.